The second-order valence-corrected chi connectivity index (χ2v) is 9.09. The quantitative estimate of drug-likeness (QED) is 0.294. The second-order valence-electron chi connectivity index (χ2n) is 8.15. The first-order valence-corrected chi connectivity index (χ1v) is 12.1. The molecule has 2 aromatic heterocycles. The first-order valence-electron chi connectivity index (χ1n) is 11.1. The third-order valence-electron chi connectivity index (χ3n) is 5.41. The Balaban J connectivity index is 1.23. The number of amides is 1. The van der Waals surface area contributed by atoms with Gasteiger partial charge in [0.15, 0.2) is 5.65 Å². The van der Waals surface area contributed by atoms with Crippen LogP contribution in [0.3, 0.4) is 0 Å². The molecular formula is C26H24N6OS. The molecule has 170 valence electrons. The molecule has 0 saturated heterocycles. The van der Waals surface area contributed by atoms with Gasteiger partial charge in [-0.25, -0.2) is 4.98 Å². The van der Waals surface area contributed by atoms with E-state index >= 15 is 0 Å². The van der Waals surface area contributed by atoms with Crippen LogP contribution < -0.4 is 10.2 Å². The van der Waals surface area contributed by atoms with Gasteiger partial charge in [-0.1, -0.05) is 48.2 Å². The minimum Gasteiger partial charge on any atom is -0.339 e. The number of thioether (sulfide) groups is 1. The summed E-state index contributed by atoms with van der Waals surface area (Å²) in [5, 5.41) is 12.9. The topological polar surface area (TPSA) is 86.8 Å². The van der Waals surface area contributed by atoms with Crippen LogP contribution in [0.5, 0.6) is 0 Å². The molecule has 3 aromatic carbocycles. The van der Waals surface area contributed by atoms with E-state index in [1.54, 1.807) is 0 Å². The zero-order valence-corrected chi connectivity index (χ0v) is 19.7. The predicted octanol–water partition coefficient (Wildman–Crippen LogP) is 5.78. The van der Waals surface area contributed by atoms with Crippen LogP contribution in [0.15, 0.2) is 84.0 Å². The highest BCUT2D eigenvalue weighted by Crippen LogP contribution is 2.29. The monoisotopic (exact) mass is 468 g/mol. The molecule has 0 unspecified atom stereocenters. The predicted molar refractivity (Wildman–Crippen MR) is 139 cm³/mol. The summed E-state index contributed by atoms with van der Waals surface area (Å²) >= 11 is 1.26. The zero-order chi connectivity index (χ0) is 23.5. The Labute approximate surface area is 201 Å². The molecule has 5 rings (SSSR count). The zero-order valence-electron chi connectivity index (χ0n) is 18.9. The number of hydrogen-bond donors (Lipinski definition) is 2. The number of anilines is 3. The van der Waals surface area contributed by atoms with Crippen LogP contribution in [0.2, 0.25) is 0 Å². The number of rotatable bonds is 7. The van der Waals surface area contributed by atoms with Gasteiger partial charge in [0.2, 0.25) is 11.1 Å². The van der Waals surface area contributed by atoms with Crippen molar-refractivity contribution >= 4 is 56.8 Å². The Hall–Kier alpha value is -3.91. The number of nitrogens with one attached hydrogen (secondary N) is 2. The lowest BCUT2D eigenvalue weighted by molar-refractivity contribution is -0.113. The number of benzene rings is 3. The molecule has 0 bridgehead atoms. The average molecular weight is 469 g/mol. The van der Waals surface area contributed by atoms with Crippen LogP contribution in [-0.2, 0) is 4.79 Å². The molecule has 0 aliphatic heterocycles. The molecule has 0 fully saturated rings. The highest BCUT2D eigenvalue weighted by atomic mass is 32.2. The molecule has 8 heteroatoms. The standard InChI is InChI=1S/C26H24N6OS/c1-17(2)32(19-8-4-3-5-9-19)20-14-12-18(13-15-20)27-23(33)16-34-26-29-25-24(30-31-26)21-10-6-7-11-22(21)28-25/h3-15,17H,16H2,1-2H3,(H,27,33)(H,28,29,31). The molecule has 2 heterocycles. The summed E-state index contributed by atoms with van der Waals surface area (Å²) in [5.41, 5.74) is 5.31. The van der Waals surface area contributed by atoms with Crippen LogP contribution >= 0.6 is 11.8 Å². The first-order chi connectivity index (χ1) is 16.6. The van der Waals surface area contributed by atoms with E-state index in [9.17, 15) is 4.79 Å². The Morgan fingerprint density at radius 3 is 2.41 bits per heavy atom. The van der Waals surface area contributed by atoms with E-state index in [0.29, 0.717) is 16.8 Å². The Kier molecular flexibility index (Phi) is 6.14. The lowest BCUT2D eigenvalue weighted by Gasteiger charge is -2.29. The van der Waals surface area contributed by atoms with Crippen molar-refractivity contribution in [3.05, 3.63) is 78.9 Å². The van der Waals surface area contributed by atoms with E-state index in [4.69, 9.17) is 0 Å². The second kappa shape index (κ2) is 9.52. The fourth-order valence-electron chi connectivity index (χ4n) is 3.93. The summed E-state index contributed by atoms with van der Waals surface area (Å²) in [5.74, 6) is 0.0685. The molecule has 0 atom stereocenters. The van der Waals surface area contributed by atoms with Crippen molar-refractivity contribution in [2.75, 3.05) is 16.0 Å². The highest BCUT2D eigenvalue weighted by molar-refractivity contribution is 7.99. The SMILES string of the molecule is CC(C)N(c1ccccc1)c1ccc(NC(=O)CSc2nnc3c(n2)[nH]c2ccccc23)cc1. The third-order valence-corrected chi connectivity index (χ3v) is 6.25. The largest absolute Gasteiger partial charge is 0.339 e. The number of fused-ring (bicyclic) bond motifs is 3. The van der Waals surface area contributed by atoms with E-state index < -0.39 is 0 Å². The Morgan fingerprint density at radius 2 is 1.65 bits per heavy atom. The lowest BCUT2D eigenvalue weighted by atomic mass is 10.2. The maximum absolute atomic E-state index is 12.5. The molecule has 0 radical (unpaired) electrons. The van der Waals surface area contributed by atoms with Gasteiger partial charge >= 0.3 is 0 Å². The van der Waals surface area contributed by atoms with Gasteiger partial charge in [0.1, 0.15) is 5.52 Å². The van der Waals surface area contributed by atoms with Crippen LogP contribution in [0.4, 0.5) is 17.1 Å². The summed E-state index contributed by atoms with van der Waals surface area (Å²) in [6, 6.07) is 26.3. The van der Waals surface area contributed by atoms with Gasteiger partial charge in [0.25, 0.3) is 0 Å². The Bertz CT molecular complexity index is 1430. The van der Waals surface area contributed by atoms with E-state index in [-0.39, 0.29) is 11.7 Å². The maximum Gasteiger partial charge on any atom is 0.234 e. The molecule has 1 amide bonds. The van der Waals surface area contributed by atoms with E-state index in [1.165, 1.54) is 11.8 Å². The summed E-state index contributed by atoms with van der Waals surface area (Å²) in [6.45, 7) is 4.31. The molecule has 5 aromatic rings. The number of carbonyl (C=O) groups excluding carboxylic acids is 1. The lowest BCUT2D eigenvalue weighted by Crippen LogP contribution is -2.25. The molecule has 2 N–H and O–H groups in total. The van der Waals surface area contributed by atoms with Crippen LogP contribution in [0, 0.1) is 0 Å². The summed E-state index contributed by atoms with van der Waals surface area (Å²) in [7, 11) is 0. The number of hydrogen-bond acceptors (Lipinski definition) is 6. The van der Waals surface area contributed by atoms with Crippen molar-refractivity contribution in [3.63, 3.8) is 0 Å². The number of nitrogens with zero attached hydrogens (tertiary/aromatic N) is 4. The molecule has 7 nitrogen and oxygen atoms in total. The molecule has 0 spiro atoms. The number of aromatic amines is 1. The van der Waals surface area contributed by atoms with Gasteiger partial charge in [0.05, 0.1) is 5.75 Å². The maximum atomic E-state index is 12.5. The summed E-state index contributed by atoms with van der Waals surface area (Å²) in [4.78, 5) is 22.5. The fraction of sp³-hybridized carbons (Fsp3) is 0.154. The molecular weight excluding hydrogens is 444 g/mol. The number of carbonyl (C=O) groups is 1. The summed E-state index contributed by atoms with van der Waals surface area (Å²) < 4.78 is 0. The smallest absolute Gasteiger partial charge is 0.234 e. The molecule has 0 saturated carbocycles. The number of aromatic nitrogens is 4. The van der Waals surface area contributed by atoms with Gasteiger partial charge in [0, 0.05) is 34.0 Å². The van der Waals surface area contributed by atoms with Gasteiger partial charge in [-0.2, -0.15) is 0 Å². The molecule has 0 aliphatic carbocycles. The van der Waals surface area contributed by atoms with Crippen LogP contribution in [0.25, 0.3) is 22.1 Å². The fourth-order valence-corrected chi connectivity index (χ4v) is 4.52. The summed E-state index contributed by atoms with van der Waals surface area (Å²) in [6.07, 6.45) is 0. The van der Waals surface area contributed by atoms with Gasteiger partial charge in [-0.3, -0.25) is 4.79 Å². The van der Waals surface area contributed by atoms with Crippen molar-refractivity contribution in [1.82, 2.24) is 20.2 Å². The van der Waals surface area contributed by atoms with E-state index in [1.807, 2.05) is 66.7 Å². The Morgan fingerprint density at radius 1 is 0.941 bits per heavy atom. The minimum absolute atomic E-state index is 0.123. The van der Waals surface area contributed by atoms with Crippen molar-refractivity contribution < 1.29 is 4.79 Å². The van der Waals surface area contributed by atoms with Crippen molar-refractivity contribution in [3.8, 4) is 0 Å². The van der Waals surface area contributed by atoms with Crippen LogP contribution in [-0.4, -0.2) is 37.9 Å². The first kappa shape index (κ1) is 21.9. The van der Waals surface area contributed by atoms with Gasteiger partial charge < -0.3 is 15.2 Å². The van der Waals surface area contributed by atoms with Crippen molar-refractivity contribution in [2.24, 2.45) is 0 Å². The van der Waals surface area contributed by atoms with Gasteiger partial charge in [-0.05, 0) is 56.3 Å². The van der Waals surface area contributed by atoms with E-state index in [2.05, 4.69) is 56.4 Å². The van der Waals surface area contributed by atoms with Gasteiger partial charge in [-0.15, -0.1) is 10.2 Å². The molecule has 34 heavy (non-hydrogen) atoms. The minimum atomic E-state index is -0.123. The number of para-hydroxylation sites is 2. The van der Waals surface area contributed by atoms with E-state index in [0.717, 1.165) is 33.5 Å². The highest BCUT2D eigenvalue weighted by Gasteiger charge is 2.14. The normalized spacial score (nSPS) is 11.3. The van der Waals surface area contributed by atoms with Crippen LogP contribution in [0.1, 0.15) is 13.8 Å². The third kappa shape index (κ3) is 4.58. The average Bonchev–Trinajstić information content (AvgIpc) is 3.22. The molecule has 0 aliphatic rings. The van der Waals surface area contributed by atoms with Crippen molar-refractivity contribution in [1.29, 1.82) is 0 Å². The van der Waals surface area contributed by atoms with Crippen molar-refractivity contribution in [2.45, 2.75) is 25.0 Å². The number of H-pyrrole nitrogens is 1.